The number of sulfonamides is 1. The summed E-state index contributed by atoms with van der Waals surface area (Å²) >= 11 is 0. The average molecular weight is 392 g/mol. The van der Waals surface area contributed by atoms with E-state index >= 15 is 0 Å². The van der Waals surface area contributed by atoms with Crippen LogP contribution in [-0.4, -0.2) is 27.5 Å². The van der Waals surface area contributed by atoms with E-state index in [9.17, 15) is 17.6 Å². The van der Waals surface area contributed by atoms with Crippen LogP contribution in [0.1, 0.15) is 20.8 Å². The van der Waals surface area contributed by atoms with Gasteiger partial charge in [0.1, 0.15) is 23.1 Å². The number of ether oxygens (including phenoxy) is 1. The lowest BCUT2D eigenvalue weighted by atomic mass is 9.93. The van der Waals surface area contributed by atoms with Crippen LogP contribution in [0.5, 0.6) is 5.75 Å². The van der Waals surface area contributed by atoms with Gasteiger partial charge in [-0.3, -0.25) is 9.52 Å². The van der Waals surface area contributed by atoms with Crippen molar-refractivity contribution in [2.75, 3.05) is 22.8 Å². The van der Waals surface area contributed by atoms with Gasteiger partial charge >= 0.3 is 0 Å². The zero-order valence-corrected chi connectivity index (χ0v) is 16.1. The summed E-state index contributed by atoms with van der Waals surface area (Å²) < 4.78 is 47.0. The molecule has 1 amide bonds. The van der Waals surface area contributed by atoms with E-state index in [0.717, 1.165) is 6.07 Å². The maximum Gasteiger partial charge on any atom is 0.264 e. The predicted octanol–water partition coefficient (Wildman–Crippen LogP) is 3.40. The Bertz CT molecular complexity index is 989. The first-order valence-electron chi connectivity index (χ1n) is 8.52. The Morgan fingerprint density at radius 1 is 1.22 bits per heavy atom. The molecule has 0 atom stereocenters. The van der Waals surface area contributed by atoms with Gasteiger partial charge in [-0.15, -0.1) is 0 Å². The SMILES string of the molecule is CCN1C(=O)C(C)(C)COc2ccc(NS(=O)(=O)c3ccccc3F)cc21. The Hall–Kier alpha value is -2.61. The van der Waals surface area contributed by atoms with Gasteiger partial charge in [-0.25, -0.2) is 12.8 Å². The van der Waals surface area contributed by atoms with Gasteiger partial charge < -0.3 is 9.64 Å². The van der Waals surface area contributed by atoms with Gasteiger partial charge in [-0.05, 0) is 51.1 Å². The molecular weight excluding hydrogens is 371 g/mol. The Balaban J connectivity index is 1.99. The molecule has 27 heavy (non-hydrogen) atoms. The molecule has 8 heteroatoms. The quantitative estimate of drug-likeness (QED) is 0.865. The lowest BCUT2D eigenvalue weighted by Gasteiger charge is -2.27. The van der Waals surface area contributed by atoms with Crippen LogP contribution in [0.2, 0.25) is 0 Å². The largest absolute Gasteiger partial charge is 0.490 e. The van der Waals surface area contributed by atoms with Crippen molar-refractivity contribution in [2.24, 2.45) is 5.41 Å². The van der Waals surface area contributed by atoms with Gasteiger partial charge in [-0.2, -0.15) is 0 Å². The molecule has 1 heterocycles. The number of nitrogens with zero attached hydrogens (tertiary/aromatic N) is 1. The minimum absolute atomic E-state index is 0.113. The number of anilines is 2. The van der Waals surface area contributed by atoms with E-state index in [2.05, 4.69) is 4.72 Å². The van der Waals surface area contributed by atoms with Gasteiger partial charge in [0, 0.05) is 6.54 Å². The van der Waals surface area contributed by atoms with Crippen molar-refractivity contribution < 1.29 is 22.3 Å². The average Bonchev–Trinajstić information content (AvgIpc) is 2.70. The molecule has 2 aromatic carbocycles. The van der Waals surface area contributed by atoms with E-state index in [0.29, 0.717) is 18.0 Å². The Kier molecular flexibility index (Phi) is 4.86. The third-order valence-corrected chi connectivity index (χ3v) is 5.77. The number of halogens is 1. The summed E-state index contributed by atoms with van der Waals surface area (Å²) in [7, 11) is -4.11. The van der Waals surface area contributed by atoms with Crippen LogP contribution in [0.15, 0.2) is 47.4 Å². The first kappa shape index (κ1) is 19.2. The zero-order chi connectivity index (χ0) is 19.8. The topological polar surface area (TPSA) is 75.7 Å². The first-order chi connectivity index (χ1) is 12.7. The minimum atomic E-state index is -4.11. The first-order valence-corrected chi connectivity index (χ1v) is 10.0. The molecule has 1 N–H and O–H groups in total. The number of amides is 1. The van der Waals surface area contributed by atoms with Crippen LogP contribution in [0, 0.1) is 11.2 Å². The van der Waals surface area contributed by atoms with E-state index in [-0.39, 0.29) is 18.2 Å². The van der Waals surface area contributed by atoms with E-state index < -0.39 is 26.2 Å². The third kappa shape index (κ3) is 3.62. The van der Waals surface area contributed by atoms with Crippen molar-refractivity contribution in [3.05, 3.63) is 48.3 Å². The fraction of sp³-hybridized carbons (Fsp3) is 0.316. The molecule has 6 nitrogen and oxygen atoms in total. The summed E-state index contributed by atoms with van der Waals surface area (Å²) in [5.41, 5.74) is -0.0182. The number of benzene rings is 2. The number of hydrogen-bond donors (Lipinski definition) is 1. The second-order valence-electron chi connectivity index (χ2n) is 6.94. The van der Waals surface area contributed by atoms with Crippen molar-refractivity contribution in [3.63, 3.8) is 0 Å². The molecular formula is C19H21FN2O4S. The fourth-order valence-corrected chi connectivity index (χ4v) is 4.02. The summed E-state index contributed by atoms with van der Waals surface area (Å²) in [6, 6.07) is 9.78. The molecule has 2 aromatic rings. The number of carbonyl (C=O) groups is 1. The molecule has 0 spiro atoms. The molecule has 0 saturated carbocycles. The van der Waals surface area contributed by atoms with Crippen LogP contribution in [0.3, 0.4) is 0 Å². The number of fused-ring (bicyclic) bond motifs is 1. The monoisotopic (exact) mass is 392 g/mol. The van der Waals surface area contributed by atoms with Crippen molar-refractivity contribution in [3.8, 4) is 5.75 Å². The highest BCUT2D eigenvalue weighted by Crippen LogP contribution is 2.38. The van der Waals surface area contributed by atoms with Gasteiger partial charge in [-0.1, -0.05) is 12.1 Å². The van der Waals surface area contributed by atoms with Gasteiger partial charge in [0.15, 0.2) is 0 Å². The number of rotatable bonds is 4. The minimum Gasteiger partial charge on any atom is -0.490 e. The molecule has 1 aliphatic rings. The van der Waals surface area contributed by atoms with Crippen LogP contribution in [0.25, 0.3) is 0 Å². The second kappa shape index (κ2) is 6.84. The van der Waals surface area contributed by atoms with E-state index in [1.54, 1.807) is 24.8 Å². The summed E-state index contributed by atoms with van der Waals surface area (Å²) in [6.07, 6.45) is 0. The fourth-order valence-electron chi connectivity index (χ4n) is 2.90. The van der Waals surface area contributed by atoms with E-state index in [1.807, 2.05) is 6.92 Å². The standard InChI is InChI=1S/C19H21FN2O4S/c1-4-22-15-11-13(9-10-16(15)26-12-19(2,3)18(22)23)21-27(24,25)17-8-6-5-7-14(17)20/h5-11,21H,4,12H2,1-3H3. The molecule has 0 aromatic heterocycles. The predicted molar refractivity (Wildman–Crippen MR) is 101 cm³/mol. The van der Waals surface area contributed by atoms with E-state index in [4.69, 9.17) is 4.74 Å². The molecule has 0 aliphatic carbocycles. The molecule has 0 saturated heterocycles. The summed E-state index contributed by atoms with van der Waals surface area (Å²) in [5.74, 6) is -0.460. The molecule has 0 fully saturated rings. The summed E-state index contributed by atoms with van der Waals surface area (Å²) in [5, 5.41) is 0. The highest BCUT2D eigenvalue weighted by Gasteiger charge is 2.37. The zero-order valence-electron chi connectivity index (χ0n) is 15.3. The highest BCUT2D eigenvalue weighted by molar-refractivity contribution is 7.92. The smallest absolute Gasteiger partial charge is 0.264 e. The molecule has 1 aliphatic heterocycles. The number of nitrogens with one attached hydrogen (secondary N) is 1. The molecule has 0 unspecified atom stereocenters. The normalized spacial score (nSPS) is 16.3. The Morgan fingerprint density at radius 2 is 1.93 bits per heavy atom. The Morgan fingerprint density at radius 3 is 2.59 bits per heavy atom. The maximum absolute atomic E-state index is 13.9. The summed E-state index contributed by atoms with van der Waals surface area (Å²) in [6.45, 7) is 6.05. The molecule has 3 rings (SSSR count). The molecule has 0 radical (unpaired) electrons. The van der Waals surface area contributed by atoms with Gasteiger partial charge in [0.2, 0.25) is 5.91 Å². The number of carbonyl (C=O) groups excluding carboxylic acids is 1. The van der Waals surface area contributed by atoms with Crippen molar-refractivity contribution in [1.29, 1.82) is 0 Å². The van der Waals surface area contributed by atoms with Gasteiger partial charge in [0.05, 0.1) is 16.8 Å². The van der Waals surface area contributed by atoms with Crippen LogP contribution < -0.4 is 14.4 Å². The lowest BCUT2D eigenvalue weighted by molar-refractivity contribution is -0.127. The van der Waals surface area contributed by atoms with Crippen molar-refractivity contribution in [1.82, 2.24) is 0 Å². The Labute approximate surface area is 158 Å². The van der Waals surface area contributed by atoms with Crippen LogP contribution in [-0.2, 0) is 14.8 Å². The maximum atomic E-state index is 13.9. The highest BCUT2D eigenvalue weighted by atomic mass is 32.2. The molecule has 0 bridgehead atoms. The third-order valence-electron chi connectivity index (χ3n) is 4.36. The van der Waals surface area contributed by atoms with Crippen LogP contribution in [0.4, 0.5) is 15.8 Å². The lowest BCUT2D eigenvalue weighted by Crippen LogP contribution is -2.42. The van der Waals surface area contributed by atoms with Gasteiger partial charge in [0.25, 0.3) is 10.0 Å². The number of hydrogen-bond acceptors (Lipinski definition) is 4. The second-order valence-corrected chi connectivity index (χ2v) is 8.59. The van der Waals surface area contributed by atoms with Crippen molar-refractivity contribution >= 4 is 27.3 Å². The summed E-state index contributed by atoms with van der Waals surface area (Å²) in [4.78, 5) is 13.9. The molecule has 144 valence electrons. The van der Waals surface area contributed by atoms with Crippen LogP contribution >= 0.6 is 0 Å². The van der Waals surface area contributed by atoms with E-state index in [1.165, 1.54) is 30.3 Å². The van der Waals surface area contributed by atoms with Crippen molar-refractivity contribution in [2.45, 2.75) is 25.7 Å².